The van der Waals surface area contributed by atoms with Crippen molar-refractivity contribution in [3.63, 3.8) is 0 Å². The lowest BCUT2D eigenvalue weighted by Crippen LogP contribution is -2.35. The lowest BCUT2D eigenvalue weighted by atomic mass is 9.86. The van der Waals surface area contributed by atoms with Crippen molar-refractivity contribution in [2.75, 3.05) is 13.7 Å². The van der Waals surface area contributed by atoms with E-state index in [2.05, 4.69) is 37.7 Å². The molecular formula is C16H28N2O2. The molecule has 0 amide bonds. The molecule has 4 heteroatoms. The van der Waals surface area contributed by atoms with Crippen molar-refractivity contribution in [1.82, 2.24) is 9.88 Å². The van der Waals surface area contributed by atoms with Crippen LogP contribution in [0.15, 0.2) is 10.6 Å². The van der Waals surface area contributed by atoms with Gasteiger partial charge < -0.3 is 9.52 Å². The highest BCUT2D eigenvalue weighted by molar-refractivity contribution is 5.06. The summed E-state index contributed by atoms with van der Waals surface area (Å²) in [4.78, 5) is 6.74. The third-order valence-corrected chi connectivity index (χ3v) is 4.38. The number of rotatable bonds is 4. The highest BCUT2D eigenvalue weighted by Crippen LogP contribution is 2.28. The van der Waals surface area contributed by atoms with Gasteiger partial charge in [-0.2, -0.15) is 0 Å². The molecule has 1 heterocycles. The Balaban J connectivity index is 1.88. The SMILES string of the molecule is CN(Cc1ncc(C(C)(C)C)o1)C1CCC(CO)CC1. The number of nitrogens with zero attached hydrogens (tertiary/aromatic N) is 2. The molecule has 1 saturated carbocycles. The van der Waals surface area contributed by atoms with Crippen LogP contribution >= 0.6 is 0 Å². The highest BCUT2D eigenvalue weighted by atomic mass is 16.4. The molecule has 1 N–H and O–H groups in total. The van der Waals surface area contributed by atoms with Crippen LogP contribution in [0.1, 0.15) is 58.1 Å². The van der Waals surface area contributed by atoms with Crippen molar-refractivity contribution in [3.8, 4) is 0 Å². The first-order chi connectivity index (χ1) is 9.40. The Morgan fingerprint density at radius 2 is 1.95 bits per heavy atom. The van der Waals surface area contributed by atoms with Gasteiger partial charge in [0.15, 0.2) is 0 Å². The van der Waals surface area contributed by atoms with Gasteiger partial charge in [-0.15, -0.1) is 0 Å². The maximum Gasteiger partial charge on any atom is 0.208 e. The van der Waals surface area contributed by atoms with E-state index in [0.717, 1.165) is 43.9 Å². The Bertz CT molecular complexity index is 414. The second-order valence-electron chi connectivity index (χ2n) is 7.14. The normalized spacial score (nSPS) is 24.3. The Labute approximate surface area is 122 Å². The summed E-state index contributed by atoms with van der Waals surface area (Å²) >= 11 is 0. The molecule has 0 aliphatic heterocycles. The first-order valence-electron chi connectivity index (χ1n) is 7.66. The van der Waals surface area contributed by atoms with E-state index in [1.54, 1.807) is 0 Å². The van der Waals surface area contributed by atoms with Crippen LogP contribution in [0.4, 0.5) is 0 Å². The van der Waals surface area contributed by atoms with Gasteiger partial charge >= 0.3 is 0 Å². The highest BCUT2D eigenvalue weighted by Gasteiger charge is 2.25. The first kappa shape index (κ1) is 15.5. The lowest BCUT2D eigenvalue weighted by molar-refractivity contribution is 0.117. The number of oxazole rings is 1. The van der Waals surface area contributed by atoms with Gasteiger partial charge in [-0.3, -0.25) is 4.90 Å². The van der Waals surface area contributed by atoms with Gasteiger partial charge in [0, 0.05) is 18.1 Å². The molecule has 0 saturated heterocycles. The zero-order valence-corrected chi connectivity index (χ0v) is 13.2. The van der Waals surface area contributed by atoms with Gasteiger partial charge in [0.1, 0.15) is 5.76 Å². The lowest BCUT2D eigenvalue weighted by Gasteiger charge is -2.33. The van der Waals surface area contributed by atoms with Crippen molar-refractivity contribution >= 4 is 0 Å². The van der Waals surface area contributed by atoms with E-state index < -0.39 is 0 Å². The van der Waals surface area contributed by atoms with Gasteiger partial charge in [0.25, 0.3) is 0 Å². The van der Waals surface area contributed by atoms with E-state index in [-0.39, 0.29) is 5.41 Å². The maximum absolute atomic E-state index is 9.19. The van der Waals surface area contributed by atoms with E-state index in [9.17, 15) is 5.11 Å². The maximum atomic E-state index is 9.19. The minimum Gasteiger partial charge on any atom is -0.444 e. The molecule has 20 heavy (non-hydrogen) atoms. The summed E-state index contributed by atoms with van der Waals surface area (Å²) in [6.45, 7) is 7.52. The number of aromatic nitrogens is 1. The summed E-state index contributed by atoms with van der Waals surface area (Å²) in [5, 5.41) is 9.19. The van der Waals surface area contributed by atoms with E-state index in [1.165, 1.54) is 0 Å². The molecule has 4 nitrogen and oxygen atoms in total. The predicted molar refractivity (Wildman–Crippen MR) is 79.5 cm³/mol. The number of aliphatic hydroxyl groups excluding tert-OH is 1. The van der Waals surface area contributed by atoms with Crippen LogP contribution in [-0.2, 0) is 12.0 Å². The number of aliphatic hydroxyl groups is 1. The van der Waals surface area contributed by atoms with Crippen LogP contribution in [0.2, 0.25) is 0 Å². The zero-order valence-electron chi connectivity index (χ0n) is 13.2. The average Bonchev–Trinajstić information content (AvgIpc) is 2.87. The van der Waals surface area contributed by atoms with Crippen molar-refractivity contribution in [2.24, 2.45) is 5.92 Å². The summed E-state index contributed by atoms with van der Waals surface area (Å²) in [6.07, 6.45) is 6.43. The van der Waals surface area contributed by atoms with Crippen LogP contribution < -0.4 is 0 Å². The van der Waals surface area contributed by atoms with Crippen LogP contribution in [-0.4, -0.2) is 34.7 Å². The molecule has 1 aromatic rings. The molecule has 0 radical (unpaired) electrons. The number of hydrogen-bond donors (Lipinski definition) is 1. The Hall–Kier alpha value is -0.870. The van der Waals surface area contributed by atoms with E-state index >= 15 is 0 Å². The molecular weight excluding hydrogens is 252 g/mol. The van der Waals surface area contributed by atoms with Gasteiger partial charge in [0.2, 0.25) is 5.89 Å². The predicted octanol–water partition coefficient (Wildman–Crippen LogP) is 2.96. The zero-order chi connectivity index (χ0) is 14.8. The quantitative estimate of drug-likeness (QED) is 0.921. The van der Waals surface area contributed by atoms with E-state index in [0.29, 0.717) is 18.6 Å². The minimum absolute atomic E-state index is 0.0169. The van der Waals surface area contributed by atoms with Crippen molar-refractivity contribution < 1.29 is 9.52 Å². The summed E-state index contributed by atoms with van der Waals surface area (Å²) in [5.74, 6) is 2.26. The van der Waals surface area contributed by atoms with Crippen molar-refractivity contribution in [2.45, 2.75) is 64.5 Å². The Morgan fingerprint density at radius 3 is 2.45 bits per heavy atom. The molecule has 0 atom stereocenters. The van der Waals surface area contributed by atoms with Gasteiger partial charge in [-0.1, -0.05) is 20.8 Å². The summed E-state index contributed by atoms with van der Waals surface area (Å²) in [6, 6.07) is 0.586. The molecule has 1 fully saturated rings. The largest absolute Gasteiger partial charge is 0.444 e. The fourth-order valence-corrected chi connectivity index (χ4v) is 2.84. The molecule has 2 rings (SSSR count). The molecule has 1 aliphatic carbocycles. The Kier molecular flexibility index (Phi) is 4.86. The number of hydrogen-bond acceptors (Lipinski definition) is 4. The monoisotopic (exact) mass is 280 g/mol. The Morgan fingerprint density at radius 1 is 1.30 bits per heavy atom. The molecule has 0 bridgehead atoms. The second-order valence-corrected chi connectivity index (χ2v) is 7.14. The summed E-state index contributed by atoms with van der Waals surface area (Å²) in [7, 11) is 2.14. The first-order valence-corrected chi connectivity index (χ1v) is 7.66. The van der Waals surface area contributed by atoms with Gasteiger partial charge in [0.05, 0.1) is 12.7 Å². The molecule has 1 aromatic heterocycles. The topological polar surface area (TPSA) is 49.5 Å². The van der Waals surface area contributed by atoms with Crippen LogP contribution in [0, 0.1) is 5.92 Å². The van der Waals surface area contributed by atoms with Crippen molar-refractivity contribution in [3.05, 3.63) is 17.8 Å². The van der Waals surface area contributed by atoms with Crippen LogP contribution in [0.25, 0.3) is 0 Å². The standard InChI is InChI=1S/C16H28N2O2/c1-16(2,3)14-9-17-15(20-14)10-18(4)13-7-5-12(11-19)6-8-13/h9,12-13,19H,5-8,10-11H2,1-4H3. The summed E-state index contributed by atoms with van der Waals surface area (Å²) < 4.78 is 5.86. The average molecular weight is 280 g/mol. The fraction of sp³-hybridized carbons (Fsp3) is 0.812. The molecule has 0 unspecified atom stereocenters. The summed E-state index contributed by atoms with van der Waals surface area (Å²) in [5.41, 5.74) is 0.0169. The minimum atomic E-state index is 0.0169. The smallest absolute Gasteiger partial charge is 0.208 e. The van der Waals surface area contributed by atoms with Crippen LogP contribution in [0.3, 0.4) is 0 Å². The molecule has 0 spiro atoms. The van der Waals surface area contributed by atoms with E-state index in [4.69, 9.17) is 4.42 Å². The van der Waals surface area contributed by atoms with Gasteiger partial charge in [-0.05, 0) is 38.6 Å². The fourth-order valence-electron chi connectivity index (χ4n) is 2.84. The van der Waals surface area contributed by atoms with Crippen molar-refractivity contribution in [1.29, 1.82) is 0 Å². The third-order valence-electron chi connectivity index (χ3n) is 4.38. The van der Waals surface area contributed by atoms with E-state index in [1.807, 2.05) is 6.20 Å². The van der Waals surface area contributed by atoms with Gasteiger partial charge in [-0.25, -0.2) is 4.98 Å². The molecule has 1 aliphatic rings. The third kappa shape index (κ3) is 3.83. The molecule has 0 aromatic carbocycles. The van der Waals surface area contributed by atoms with Crippen LogP contribution in [0.5, 0.6) is 0 Å². The second kappa shape index (κ2) is 6.27. The molecule has 114 valence electrons.